The number of non-ortho nitro benzene ring substituents is 1. The topological polar surface area (TPSA) is 120 Å². The molecule has 2 bridgehead atoms. The summed E-state index contributed by atoms with van der Waals surface area (Å²) in [6.45, 7) is 2.75. The first-order valence-electron chi connectivity index (χ1n) is 9.91. The summed E-state index contributed by atoms with van der Waals surface area (Å²) < 4.78 is 16.9. The molecule has 3 fully saturated rings. The monoisotopic (exact) mass is 408 g/mol. The minimum Gasteiger partial charge on any atom is -0.445 e. The summed E-state index contributed by atoms with van der Waals surface area (Å²) in [5.74, 6) is 0. The molecule has 9 nitrogen and oxygen atoms in total. The van der Waals surface area contributed by atoms with Crippen molar-refractivity contribution in [1.29, 1.82) is 0 Å². The lowest BCUT2D eigenvalue weighted by atomic mass is 9.72. The number of nitro groups is 1. The van der Waals surface area contributed by atoms with Crippen molar-refractivity contribution in [3.63, 3.8) is 0 Å². The van der Waals surface area contributed by atoms with Gasteiger partial charge in [0.1, 0.15) is 6.61 Å². The number of fused-ring (bicyclic) bond motifs is 3. The largest absolute Gasteiger partial charge is 0.445 e. The number of alkyl carbamates (subject to hydrolysis) is 1. The van der Waals surface area contributed by atoms with Gasteiger partial charge < -0.3 is 24.6 Å². The van der Waals surface area contributed by atoms with E-state index in [4.69, 9.17) is 14.2 Å². The number of rotatable bonds is 9. The molecule has 9 heteroatoms. The molecule has 2 atom stereocenters. The number of amides is 1. The molecule has 2 aliphatic heterocycles. The highest BCUT2D eigenvalue weighted by atomic mass is 16.6. The van der Waals surface area contributed by atoms with E-state index in [1.807, 2.05) is 6.92 Å². The summed E-state index contributed by atoms with van der Waals surface area (Å²) in [6, 6.07) is 5.16. The number of benzene rings is 1. The van der Waals surface area contributed by atoms with E-state index < -0.39 is 17.1 Å². The van der Waals surface area contributed by atoms with Gasteiger partial charge in [-0.3, -0.25) is 10.1 Å². The van der Waals surface area contributed by atoms with Gasteiger partial charge in [-0.05, 0) is 50.3 Å². The van der Waals surface area contributed by atoms with Crippen molar-refractivity contribution in [3.05, 3.63) is 39.9 Å². The van der Waals surface area contributed by atoms with Crippen molar-refractivity contribution in [2.24, 2.45) is 5.41 Å². The number of hydrogen-bond acceptors (Lipinski definition) is 7. The van der Waals surface area contributed by atoms with E-state index in [9.17, 15) is 20.0 Å². The lowest BCUT2D eigenvalue weighted by molar-refractivity contribution is -0.384. The molecular formula is C20H28N2O7. The van der Waals surface area contributed by atoms with Crippen molar-refractivity contribution in [3.8, 4) is 0 Å². The molecule has 1 amide bonds. The summed E-state index contributed by atoms with van der Waals surface area (Å²) in [6.07, 6.45) is 3.62. The average Bonchev–Trinajstić information content (AvgIpc) is 2.76. The number of aliphatic hydroxyl groups is 1. The van der Waals surface area contributed by atoms with E-state index in [0.29, 0.717) is 24.9 Å². The third kappa shape index (κ3) is 5.65. The van der Waals surface area contributed by atoms with Crippen LogP contribution in [0.5, 0.6) is 0 Å². The molecule has 4 rings (SSSR count). The molecular weight excluding hydrogens is 380 g/mol. The molecule has 160 valence electrons. The fourth-order valence-corrected chi connectivity index (χ4v) is 3.79. The quantitative estimate of drug-likeness (QED) is 0.476. The molecule has 1 aliphatic carbocycles. The Kier molecular flexibility index (Phi) is 7.05. The minimum atomic E-state index is -0.683. The Morgan fingerprint density at radius 1 is 1.38 bits per heavy atom. The molecule has 29 heavy (non-hydrogen) atoms. The molecule has 1 saturated carbocycles. The second-order valence-electron chi connectivity index (χ2n) is 7.96. The standard InChI is InChI=1S/C20H28N2O7/c1-14(28-12-20-8-6-17(7-9-20)29-13-20)18(10-23)21-19(24)27-11-15-2-4-16(5-3-15)22(25)26/h2-5,14,17-18,23H,6-13H2,1H3,(H,21,24)/t14-,17?,18-,20?/m1/s1. The Morgan fingerprint density at radius 3 is 2.62 bits per heavy atom. The van der Waals surface area contributed by atoms with Gasteiger partial charge in [-0.25, -0.2) is 4.79 Å². The van der Waals surface area contributed by atoms with Crippen LogP contribution in [-0.2, 0) is 20.8 Å². The Bertz CT molecular complexity index is 688. The number of nitro benzene ring substituents is 1. The number of nitrogens with zero attached hydrogens (tertiary/aromatic N) is 1. The van der Waals surface area contributed by atoms with Crippen LogP contribution in [0.1, 0.15) is 38.2 Å². The maximum atomic E-state index is 12.1. The maximum absolute atomic E-state index is 12.1. The number of carbonyl (C=O) groups is 1. The highest BCUT2D eigenvalue weighted by molar-refractivity contribution is 5.67. The van der Waals surface area contributed by atoms with Crippen molar-refractivity contribution in [1.82, 2.24) is 5.32 Å². The Hall–Kier alpha value is -2.23. The Labute approximate surface area is 169 Å². The summed E-state index contributed by atoms with van der Waals surface area (Å²) in [5, 5.41) is 22.9. The van der Waals surface area contributed by atoms with Crippen LogP contribution in [-0.4, -0.2) is 54.2 Å². The summed E-state index contributed by atoms with van der Waals surface area (Å²) in [4.78, 5) is 22.2. The maximum Gasteiger partial charge on any atom is 0.407 e. The van der Waals surface area contributed by atoms with Crippen molar-refractivity contribution in [2.45, 2.75) is 57.5 Å². The van der Waals surface area contributed by atoms with Gasteiger partial charge in [-0.1, -0.05) is 0 Å². The average molecular weight is 408 g/mol. The van der Waals surface area contributed by atoms with Crippen molar-refractivity contribution in [2.75, 3.05) is 19.8 Å². The van der Waals surface area contributed by atoms with Crippen LogP contribution in [0.4, 0.5) is 10.5 Å². The second kappa shape index (κ2) is 9.51. The van der Waals surface area contributed by atoms with E-state index in [2.05, 4.69) is 5.32 Å². The van der Waals surface area contributed by atoms with Gasteiger partial charge in [0, 0.05) is 17.5 Å². The number of nitrogens with one attached hydrogen (secondary N) is 1. The Morgan fingerprint density at radius 2 is 2.07 bits per heavy atom. The van der Waals surface area contributed by atoms with Crippen molar-refractivity contribution < 1.29 is 29.0 Å². The van der Waals surface area contributed by atoms with E-state index in [1.54, 1.807) is 0 Å². The zero-order valence-electron chi connectivity index (χ0n) is 16.5. The van der Waals surface area contributed by atoms with Crippen LogP contribution < -0.4 is 5.32 Å². The molecule has 0 unspecified atom stereocenters. The van der Waals surface area contributed by atoms with Gasteiger partial charge in [0.15, 0.2) is 0 Å². The highest BCUT2D eigenvalue weighted by Gasteiger charge is 2.42. The Balaban J connectivity index is 1.43. The highest BCUT2D eigenvalue weighted by Crippen LogP contribution is 2.43. The molecule has 1 aromatic rings. The fourth-order valence-electron chi connectivity index (χ4n) is 3.79. The molecule has 0 aromatic heterocycles. The minimum absolute atomic E-state index is 0.0270. The first-order chi connectivity index (χ1) is 13.9. The molecule has 2 saturated heterocycles. The third-order valence-electron chi connectivity index (χ3n) is 5.85. The second-order valence-corrected chi connectivity index (χ2v) is 7.96. The zero-order chi connectivity index (χ0) is 20.9. The zero-order valence-corrected chi connectivity index (χ0v) is 16.5. The molecule has 2 heterocycles. The smallest absolute Gasteiger partial charge is 0.407 e. The first kappa shape index (κ1) is 21.5. The predicted molar refractivity (Wildman–Crippen MR) is 103 cm³/mol. The van der Waals surface area contributed by atoms with Crippen LogP contribution in [0.3, 0.4) is 0 Å². The van der Waals surface area contributed by atoms with Crippen molar-refractivity contribution >= 4 is 11.8 Å². The third-order valence-corrected chi connectivity index (χ3v) is 5.85. The van der Waals surface area contributed by atoms with Crippen LogP contribution in [0.15, 0.2) is 24.3 Å². The van der Waals surface area contributed by atoms with Gasteiger partial charge in [0.05, 0.1) is 43.0 Å². The fraction of sp³-hybridized carbons (Fsp3) is 0.650. The van der Waals surface area contributed by atoms with Crippen LogP contribution in [0.25, 0.3) is 0 Å². The summed E-state index contributed by atoms with van der Waals surface area (Å²) in [5.41, 5.74) is 0.642. The number of aliphatic hydroxyl groups excluding tert-OH is 1. The van der Waals surface area contributed by atoms with E-state index >= 15 is 0 Å². The van der Waals surface area contributed by atoms with E-state index in [-0.39, 0.29) is 30.4 Å². The van der Waals surface area contributed by atoms with Gasteiger partial charge in [-0.2, -0.15) is 0 Å². The van der Waals surface area contributed by atoms with Gasteiger partial charge in [0.25, 0.3) is 5.69 Å². The molecule has 1 aromatic carbocycles. The lowest BCUT2D eigenvalue weighted by Crippen LogP contribution is -2.49. The van der Waals surface area contributed by atoms with Crippen LogP contribution in [0.2, 0.25) is 0 Å². The van der Waals surface area contributed by atoms with E-state index in [0.717, 1.165) is 25.7 Å². The normalized spacial score (nSPS) is 25.2. The van der Waals surface area contributed by atoms with Gasteiger partial charge in [-0.15, -0.1) is 0 Å². The number of carbonyl (C=O) groups excluding carboxylic acids is 1. The molecule has 3 aliphatic rings. The molecule has 0 spiro atoms. The SMILES string of the molecule is C[C@@H](OCC12CCC(CC1)OC2)[C@@H](CO)NC(=O)OCc1ccc([N+](=O)[O-])cc1. The number of ether oxygens (including phenoxy) is 3. The summed E-state index contributed by atoms with van der Waals surface area (Å²) in [7, 11) is 0. The van der Waals surface area contributed by atoms with Gasteiger partial charge in [0.2, 0.25) is 0 Å². The molecule has 0 radical (unpaired) electrons. The van der Waals surface area contributed by atoms with Gasteiger partial charge >= 0.3 is 6.09 Å². The van der Waals surface area contributed by atoms with Crippen LogP contribution in [0, 0.1) is 15.5 Å². The summed E-state index contributed by atoms with van der Waals surface area (Å²) >= 11 is 0. The number of hydrogen-bond donors (Lipinski definition) is 2. The molecule has 2 N–H and O–H groups in total. The lowest BCUT2D eigenvalue weighted by Gasteiger charge is -2.46. The van der Waals surface area contributed by atoms with Crippen LogP contribution >= 0.6 is 0 Å². The predicted octanol–water partition coefficient (Wildman–Crippen LogP) is 2.55. The first-order valence-corrected chi connectivity index (χ1v) is 9.91. The van der Waals surface area contributed by atoms with E-state index in [1.165, 1.54) is 24.3 Å².